The maximum absolute atomic E-state index is 13.4. The van der Waals surface area contributed by atoms with Crippen LogP contribution in [0.3, 0.4) is 0 Å². The summed E-state index contributed by atoms with van der Waals surface area (Å²) in [7, 11) is 0. The lowest BCUT2D eigenvalue weighted by Gasteiger charge is -2.37. The fourth-order valence-corrected chi connectivity index (χ4v) is 4.41. The highest BCUT2D eigenvalue weighted by Crippen LogP contribution is 2.39. The zero-order chi connectivity index (χ0) is 23.4. The first-order valence-electron chi connectivity index (χ1n) is 10.6. The third-order valence-electron chi connectivity index (χ3n) is 5.81. The highest BCUT2D eigenvalue weighted by atomic mass is 19.4. The van der Waals surface area contributed by atoms with Crippen LogP contribution in [0, 0.1) is 6.92 Å². The molecule has 0 unspecified atom stereocenters. The van der Waals surface area contributed by atoms with Crippen molar-refractivity contribution in [1.82, 2.24) is 9.47 Å². The number of hydrogen-bond acceptors (Lipinski definition) is 3. The van der Waals surface area contributed by atoms with Gasteiger partial charge in [0.15, 0.2) is 0 Å². The van der Waals surface area contributed by atoms with E-state index in [1.165, 1.54) is 17.0 Å². The van der Waals surface area contributed by atoms with Crippen LogP contribution in [0.2, 0.25) is 0 Å². The number of aliphatic hydroxyl groups excluding tert-OH is 1. The Morgan fingerprint density at radius 1 is 1.06 bits per heavy atom. The molecule has 1 aliphatic rings. The fourth-order valence-electron chi connectivity index (χ4n) is 4.41. The van der Waals surface area contributed by atoms with Crippen molar-refractivity contribution in [3.63, 3.8) is 0 Å². The van der Waals surface area contributed by atoms with Gasteiger partial charge < -0.3 is 19.3 Å². The number of aliphatic hydroxyl groups is 1. The first kappa shape index (κ1) is 22.5. The molecule has 2 atom stereocenters. The molecule has 1 saturated heterocycles. The second-order valence-electron chi connectivity index (χ2n) is 9.47. The molecule has 0 radical (unpaired) electrons. The van der Waals surface area contributed by atoms with E-state index in [0.29, 0.717) is 29.3 Å². The fraction of sp³-hybridized carbons (Fsp3) is 0.458. The van der Waals surface area contributed by atoms with Crippen LogP contribution in [0.1, 0.15) is 44.4 Å². The summed E-state index contributed by atoms with van der Waals surface area (Å²) >= 11 is 0. The van der Waals surface area contributed by atoms with Gasteiger partial charge in [-0.15, -0.1) is 0 Å². The number of amides is 1. The molecule has 172 valence electrons. The van der Waals surface area contributed by atoms with Crippen molar-refractivity contribution in [2.45, 2.75) is 58.0 Å². The zero-order valence-corrected chi connectivity index (χ0v) is 18.5. The Morgan fingerprint density at radius 3 is 2.28 bits per heavy atom. The maximum Gasteiger partial charge on any atom is 0.416 e. The zero-order valence-electron chi connectivity index (χ0n) is 18.5. The van der Waals surface area contributed by atoms with E-state index in [1.54, 1.807) is 20.8 Å². The Morgan fingerprint density at radius 2 is 1.69 bits per heavy atom. The number of ether oxygens (including phenoxy) is 1. The summed E-state index contributed by atoms with van der Waals surface area (Å²) in [5.74, 6) is 0. The highest BCUT2D eigenvalue weighted by molar-refractivity contribution is 6.08. The molecule has 1 aromatic heterocycles. The van der Waals surface area contributed by atoms with E-state index in [-0.39, 0.29) is 12.6 Å². The number of fused-ring (bicyclic) bond motifs is 3. The van der Waals surface area contributed by atoms with E-state index >= 15 is 0 Å². The van der Waals surface area contributed by atoms with E-state index in [2.05, 4.69) is 0 Å². The Kier molecular flexibility index (Phi) is 5.40. The quantitative estimate of drug-likeness (QED) is 0.522. The van der Waals surface area contributed by atoms with Crippen molar-refractivity contribution < 1.29 is 27.8 Å². The monoisotopic (exact) mass is 448 g/mol. The third kappa shape index (κ3) is 4.16. The van der Waals surface area contributed by atoms with Gasteiger partial charge in [0, 0.05) is 28.4 Å². The Labute approximate surface area is 184 Å². The molecule has 0 aliphatic carbocycles. The largest absolute Gasteiger partial charge is 0.444 e. The number of carbonyl (C=O) groups is 1. The van der Waals surface area contributed by atoms with E-state index < -0.39 is 29.5 Å². The number of likely N-dealkylation sites (tertiary alicyclic amines) is 1. The minimum absolute atomic E-state index is 0.0905. The van der Waals surface area contributed by atoms with Gasteiger partial charge in [-0.2, -0.15) is 13.2 Å². The number of halogens is 3. The van der Waals surface area contributed by atoms with Crippen molar-refractivity contribution in [2.24, 2.45) is 0 Å². The maximum atomic E-state index is 13.4. The average Bonchev–Trinajstić information content (AvgIpc) is 2.99. The molecule has 1 aliphatic heterocycles. The van der Waals surface area contributed by atoms with Gasteiger partial charge in [-0.05, 0) is 64.4 Å². The van der Waals surface area contributed by atoms with Gasteiger partial charge in [0.25, 0.3) is 0 Å². The second kappa shape index (κ2) is 7.69. The van der Waals surface area contributed by atoms with Crippen molar-refractivity contribution in [1.29, 1.82) is 0 Å². The normalized spacial score (nSPS) is 20.2. The molecular formula is C24H27F3N2O3. The molecule has 0 saturated carbocycles. The number of carbonyl (C=O) groups excluding carboxylic acids is 1. The molecule has 1 fully saturated rings. The molecule has 5 nitrogen and oxygen atoms in total. The van der Waals surface area contributed by atoms with Gasteiger partial charge in [0.05, 0.1) is 24.3 Å². The lowest BCUT2D eigenvalue weighted by Crippen LogP contribution is -2.48. The number of benzene rings is 2. The molecule has 3 aromatic rings. The third-order valence-corrected chi connectivity index (χ3v) is 5.81. The molecule has 32 heavy (non-hydrogen) atoms. The standard InChI is InChI=1S/C24H27F3N2O3/c1-14-5-7-18-16(11-14)17-12-15(24(25,26)27)6-8-19(17)29(18)20-9-10-28(13-21(20)30)22(31)32-23(2,3)4/h5-8,11-12,20-21,30H,9-10,13H2,1-4H3/t20-,21-/m0/s1. The van der Waals surface area contributed by atoms with E-state index in [4.69, 9.17) is 4.74 Å². The molecule has 0 bridgehead atoms. The molecular weight excluding hydrogens is 421 g/mol. The lowest BCUT2D eigenvalue weighted by molar-refractivity contribution is -0.137. The van der Waals surface area contributed by atoms with E-state index in [0.717, 1.165) is 17.1 Å². The molecule has 2 heterocycles. The van der Waals surface area contributed by atoms with Gasteiger partial charge >= 0.3 is 12.3 Å². The molecule has 1 amide bonds. The molecule has 4 rings (SSSR count). The topological polar surface area (TPSA) is 54.7 Å². The Bertz CT molecular complexity index is 1180. The predicted molar refractivity (Wildman–Crippen MR) is 117 cm³/mol. The van der Waals surface area contributed by atoms with Gasteiger partial charge in [-0.1, -0.05) is 11.6 Å². The van der Waals surface area contributed by atoms with Crippen molar-refractivity contribution in [3.05, 3.63) is 47.5 Å². The van der Waals surface area contributed by atoms with E-state index in [1.807, 2.05) is 29.7 Å². The molecule has 1 N–H and O–H groups in total. The summed E-state index contributed by atoms with van der Waals surface area (Å²) < 4.78 is 47.4. The summed E-state index contributed by atoms with van der Waals surface area (Å²) in [6.07, 6.45) is -5.36. The number of alkyl halides is 3. The van der Waals surface area contributed by atoms with Gasteiger partial charge in [-0.25, -0.2) is 4.79 Å². The van der Waals surface area contributed by atoms with Gasteiger partial charge in [-0.3, -0.25) is 0 Å². The number of rotatable bonds is 1. The van der Waals surface area contributed by atoms with Crippen LogP contribution in [-0.4, -0.2) is 45.5 Å². The number of nitrogens with zero attached hydrogens (tertiary/aromatic N) is 2. The number of hydrogen-bond donors (Lipinski definition) is 1. The van der Waals surface area contributed by atoms with Crippen LogP contribution in [-0.2, 0) is 10.9 Å². The SMILES string of the molecule is Cc1ccc2c(c1)c1cc(C(F)(F)F)ccc1n2[C@H]1CCN(C(=O)OC(C)(C)C)C[C@@H]1O. The van der Waals surface area contributed by atoms with E-state index in [9.17, 15) is 23.1 Å². The lowest BCUT2D eigenvalue weighted by atomic mass is 10.0. The van der Waals surface area contributed by atoms with Crippen LogP contribution in [0.4, 0.5) is 18.0 Å². The summed E-state index contributed by atoms with van der Waals surface area (Å²) in [5, 5.41) is 12.2. The Hall–Kier alpha value is -2.74. The number of piperidine rings is 1. The minimum Gasteiger partial charge on any atom is -0.444 e. The van der Waals surface area contributed by atoms with Crippen LogP contribution >= 0.6 is 0 Å². The first-order chi connectivity index (χ1) is 14.8. The number of aryl methyl sites for hydroxylation is 1. The Balaban J connectivity index is 1.75. The molecule has 2 aromatic carbocycles. The molecule has 0 spiro atoms. The van der Waals surface area contributed by atoms with Crippen LogP contribution in [0.5, 0.6) is 0 Å². The minimum atomic E-state index is -4.44. The second-order valence-corrected chi connectivity index (χ2v) is 9.47. The highest BCUT2D eigenvalue weighted by Gasteiger charge is 2.36. The van der Waals surface area contributed by atoms with Crippen LogP contribution in [0.25, 0.3) is 21.8 Å². The molecule has 8 heteroatoms. The average molecular weight is 448 g/mol. The van der Waals surface area contributed by atoms with Crippen molar-refractivity contribution in [3.8, 4) is 0 Å². The number of aromatic nitrogens is 1. The number of β-amino-alcohol motifs (C(OH)–C–C–N with tert-alkyl or cyclic N) is 1. The summed E-state index contributed by atoms with van der Waals surface area (Å²) in [4.78, 5) is 13.9. The van der Waals surface area contributed by atoms with Gasteiger partial charge in [0.1, 0.15) is 5.60 Å². The summed E-state index contributed by atoms with van der Waals surface area (Å²) in [6, 6.07) is 9.00. The smallest absolute Gasteiger partial charge is 0.416 e. The first-order valence-corrected chi connectivity index (χ1v) is 10.6. The summed E-state index contributed by atoms with van der Waals surface area (Å²) in [5.41, 5.74) is 0.993. The van der Waals surface area contributed by atoms with Crippen molar-refractivity contribution >= 4 is 27.9 Å². The van der Waals surface area contributed by atoms with Crippen molar-refractivity contribution in [2.75, 3.05) is 13.1 Å². The predicted octanol–water partition coefficient (Wildman–Crippen LogP) is 5.66. The van der Waals surface area contributed by atoms with Crippen LogP contribution in [0.15, 0.2) is 36.4 Å². The summed E-state index contributed by atoms with van der Waals surface area (Å²) in [6.45, 7) is 7.71. The van der Waals surface area contributed by atoms with Crippen LogP contribution < -0.4 is 0 Å². The van der Waals surface area contributed by atoms with Gasteiger partial charge in [0.2, 0.25) is 0 Å².